The number of hydrogen-bond donors (Lipinski definition) is 1. The normalized spacial score (nSPS) is 23.2. The van der Waals surface area contributed by atoms with Gasteiger partial charge in [0.2, 0.25) is 0 Å². The molecular weight excluding hydrogens is 296 g/mol. The molecule has 0 unspecified atom stereocenters. The summed E-state index contributed by atoms with van der Waals surface area (Å²) in [4.78, 5) is 5.28. The zero-order chi connectivity index (χ0) is 14.6. The van der Waals surface area contributed by atoms with Crippen LogP contribution >= 0.6 is 0 Å². The fourth-order valence-electron chi connectivity index (χ4n) is 1.11. The summed E-state index contributed by atoms with van der Waals surface area (Å²) in [6, 6.07) is 0. The van der Waals surface area contributed by atoms with E-state index in [4.69, 9.17) is 0 Å². The van der Waals surface area contributed by atoms with Crippen LogP contribution in [-0.4, -0.2) is 31.5 Å². The number of carbonyl (C=O) groups is 1. The van der Waals surface area contributed by atoms with Gasteiger partial charge in [0.25, 0.3) is 5.91 Å². The van der Waals surface area contributed by atoms with E-state index in [-0.39, 0.29) is 0 Å². The number of hydrogen-bond acceptors (Lipinski definition) is 4. The van der Waals surface area contributed by atoms with Gasteiger partial charge in [-0.15, -0.1) is 0 Å². The average molecular weight is 299 g/mol. The molecule has 12 heteroatoms. The number of nitrogens with one attached hydrogen (secondary N) is 1. The van der Waals surface area contributed by atoms with Crippen molar-refractivity contribution < 1.29 is 43.7 Å². The molecule has 1 heterocycles. The van der Waals surface area contributed by atoms with Crippen molar-refractivity contribution in [2.24, 2.45) is 0 Å². The summed E-state index contributed by atoms with van der Waals surface area (Å²) in [6.45, 7) is 2.57. The first kappa shape index (κ1) is 14.6. The molecule has 0 bridgehead atoms. The van der Waals surface area contributed by atoms with Crippen LogP contribution in [-0.2, 0) is 19.1 Å². The van der Waals surface area contributed by atoms with E-state index in [0.29, 0.717) is 5.32 Å². The average Bonchev–Trinajstić information content (AvgIpc) is 2.05. The van der Waals surface area contributed by atoms with Crippen LogP contribution in [0.25, 0.3) is 0 Å². The van der Waals surface area contributed by atoms with Crippen molar-refractivity contribution in [2.75, 3.05) is 0 Å². The number of carbonyl (C=O) groups excluding carboxylic acids is 1. The second kappa shape index (κ2) is 3.52. The van der Waals surface area contributed by atoms with E-state index in [1.165, 1.54) is 0 Å². The molecule has 0 spiro atoms. The van der Waals surface area contributed by atoms with Crippen molar-refractivity contribution in [1.29, 1.82) is 0 Å². The lowest BCUT2D eigenvalue weighted by Gasteiger charge is -2.38. The molecular formula is C6H3F6NO4S. The van der Waals surface area contributed by atoms with Gasteiger partial charge in [-0.2, -0.15) is 34.8 Å². The highest BCUT2D eigenvalue weighted by Gasteiger charge is 2.82. The van der Waals surface area contributed by atoms with Crippen LogP contribution in [0.4, 0.5) is 26.3 Å². The lowest BCUT2D eigenvalue weighted by molar-refractivity contribution is -0.277. The Morgan fingerprint density at radius 2 is 1.50 bits per heavy atom. The van der Waals surface area contributed by atoms with E-state index in [9.17, 15) is 39.6 Å². The summed E-state index contributed by atoms with van der Waals surface area (Å²) in [7, 11) is -6.26. The third kappa shape index (κ3) is 1.71. The molecule has 1 aliphatic rings. The van der Waals surface area contributed by atoms with Gasteiger partial charge in [-0.25, -0.2) is 0 Å². The summed E-state index contributed by atoms with van der Waals surface area (Å²) < 4.78 is 100. The summed E-state index contributed by atoms with van der Waals surface area (Å²) in [5.41, 5.74) is 0. The molecule has 1 aliphatic heterocycles. The minimum atomic E-state index is -6.36. The van der Waals surface area contributed by atoms with E-state index in [1.807, 2.05) is 0 Å². The predicted molar refractivity (Wildman–Crippen MR) is 42.1 cm³/mol. The van der Waals surface area contributed by atoms with E-state index < -0.39 is 39.0 Å². The molecule has 5 nitrogen and oxygen atoms in total. The molecule has 104 valence electrons. The Labute approximate surface area is 95.5 Å². The van der Waals surface area contributed by atoms with Crippen LogP contribution in [0, 0.1) is 0 Å². The minimum absolute atomic E-state index is 0.348. The summed E-state index contributed by atoms with van der Waals surface area (Å²) in [6.07, 6.45) is -12.7. The smallest absolute Gasteiger partial charge is 0.375 e. The predicted octanol–water partition coefficient (Wildman–Crippen LogP) is 0.797. The standard InChI is InChI=1S/C6H3F6NO4S/c1-2-3(14)13-4(5(7,8)9,6(10,11)12)18(15,16)17-2/h1H2,(H,13,14). The van der Waals surface area contributed by atoms with Crippen molar-refractivity contribution in [2.45, 2.75) is 17.2 Å². The zero-order valence-corrected chi connectivity index (χ0v) is 8.83. The molecule has 1 fully saturated rings. The van der Waals surface area contributed by atoms with Gasteiger partial charge in [-0.3, -0.25) is 4.79 Å². The molecule has 0 aromatic heterocycles. The molecule has 1 amide bonds. The van der Waals surface area contributed by atoms with Crippen LogP contribution in [0.5, 0.6) is 0 Å². The highest BCUT2D eigenvalue weighted by Crippen LogP contribution is 2.49. The maximum atomic E-state index is 12.5. The van der Waals surface area contributed by atoms with Crippen molar-refractivity contribution in [3.63, 3.8) is 0 Å². The molecule has 0 aromatic carbocycles. The second-order valence-corrected chi connectivity index (χ2v) is 4.78. The number of alkyl halides is 6. The van der Waals surface area contributed by atoms with E-state index in [1.54, 1.807) is 0 Å². The first-order valence-corrected chi connectivity index (χ1v) is 5.26. The van der Waals surface area contributed by atoms with E-state index >= 15 is 0 Å². The quantitative estimate of drug-likeness (QED) is 0.408. The van der Waals surface area contributed by atoms with Crippen LogP contribution < -0.4 is 5.32 Å². The highest BCUT2D eigenvalue weighted by molar-refractivity contribution is 7.88. The molecule has 0 saturated carbocycles. The second-order valence-electron chi connectivity index (χ2n) is 3.09. The van der Waals surface area contributed by atoms with Crippen molar-refractivity contribution in [3.05, 3.63) is 12.3 Å². The summed E-state index contributed by atoms with van der Waals surface area (Å²) in [5, 5.41) is 0.348. The molecule has 1 rings (SSSR count). The Balaban J connectivity index is 3.63. The first-order chi connectivity index (χ1) is 7.76. The third-order valence-electron chi connectivity index (χ3n) is 1.93. The van der Waals surface area contributed by atoms with Gasteiger partial charge in [-0.05, 0) is 6.58 Å². The van der Waals surface area contributed by atoms with Crippen molar-refractivity contribution >= 4 is 16.0 Å². The fourth-order valence-corrected chi connectivity index (χ4v) is 2.36. The van der Waals surface area contributed by atoms with Gasteiger partial charge in [0.15, 0.2) is 5.76 Å². The Morgan fingerprint density at radius 3 is 1.83 bits per heavy atom. The Bertz CT molecular complexity index is 489. The topological polar surface area (TPSA) is 72.5 Å². The van der Waals surface area contributed by atoms with E-state index in [0.717, 1.165) is 0 Å². The minimum Gasteiger partial charge on any atom is -0.375 e. The molecule has 0 atom stereocenters. The van der Waals surface area contributed by atoms with E-state index in [2.05, 4.69) is 10.8 Å². The molecule has 1 saturated heterocycles. The van der Waals surface area contributed by atoms with Gasteiger partial charge in [0.05, 0.1) is 0 Å². The Hall–Kier alpha value is -1.46. The monoisotopic (exact) mass is 299 g/mol. The Kier molecular flexibility index (Phi) is 2.86. The lowest BCUT2D eigenvalue weighted by Crippen LogP contribution is -2.74. The van der Waals surface area contributed by atoms with Crippen molar-refractivity contribution in [1.82, 2.24) is 5.32 Å². The highest BCUT2D eigenvalue weighted by atomic mass is 32.2. The van der Waals surface area contributed by atoms with Gasteiger partial charge < -0.3 is 9.50 Å². The molecule has 18 heavy (non-hydrogen) atoms. The first-order valence-electron chi connectivity index (χ1n) is 3.85. The SMILES string of the molecule is C=C1OS(=O)(=O)C(C(F)(F)F)(C(F)(F)F)NC1=O. The van der Waals surface area contributed by atoms with Gasteiger partial charge in [0.1, 0.15) is 0 Å². The maximum Gasteiger partial charge on any atom is 0.439 e. The largest absolute Gasteiger partial charge is 0.439 e. The van der Waals surface area contributed by atoms with Crippen LogP contribution in [0.3, 0.4) is 0 Å². The van der Waals surface area contributed by atoms with Gasteiger partial charge in [0, 0.05) is 0 Å². The number of rotatable bonds is 0. The third-order valence-corrected chi connectivity index (χ3v) is 3.66. The molecule has 1 N–H and O–H groups in total. The Morgan fingerprint density at radius 1 is 1.11 bits per heavy atom. The van der Waals surface area contributed by atoms with Gasteiger partial charge in [-0.1, -0.05) is 0 Å². The van der Waals surface area contributed by atoms with Crippen LogP contribution in [0.2, 0.25) is 0 Å². The molecule has 0 radical (unpaired) electrons. The molecule has 0 aliphatic carbocycles. The van der Waals surface area contributed by atoms with Crippen LogP contribution in [0.1, 0.15) is 0 Å². The lowest BCUT2D eigenvalue weighted by atomic mass is 10.2. The van der Waals surface area contributed by atoms with Crippen molar-refractivity contribution in [3.8, 4) is 0 Å². The number of amides is 1. The van der Waals surface area contributed by atoms with Crippen LogP contribution in [0.15, 0.2) is 12.3 Å². The maximum absolute atomic E-state index is 12.5. The fraction of sp³-hybridized carbons (Fsp3) is 0.500. The van der Waals surface area contributed by atoms with Gasteiger partial charge >= 0.3 is 27.3 Å². The number of halogens is 6. The summed E-state index contributed by atoms with van der Waals surface area (Å²) in [5.74, 6) is -3.42. The zero-order valence-electron chi connectivity index (χ0n) is 8.02. The summed E-state index contributed by atoms with van der Waals surface area (Å²) >= 11 is 0. The molecule has 0 aromatic rings.